The standard InChI is InChI=1S/C21H18O3S/c1-25-20-12-10-16(11-13-20)15-23-21(22)17-6-5-9-19(14-17)24-18-7-3-2-4-8-18/h2-14H,15H2,1H3. The molecule has 126 valence electrons. The summed E-state index contributed by atoms with van der Waals surface area (Å²) in [4.78, 5) is 13.4. The Morgan fingerprint density at radius 2 is 1.60 bits per heavy atom. The molecule has 0 saturated carbocycles. The number of para-hydroxylation sites is 1. The van der Waals surface area contributed by atoms with E-state index in [9.17, 15) is 4.79 Å². The fraction of sp³-hybridized carbons (Fsp3) is 0.0952. The van der Waals surface area contributed by atoms with Gasteiger partial charge in [-0.15, -0.1) is 11.8 Å². The normalized spacial score (nSPS) is 10.3. The Hall–Kier alpha value is -2.72. The van der Waals surface area contributed by atoms with Crippen molar-refractivity contribution in [2.75, 3.05) is 6.26 Å². The van der Waals surface area contributed by atoms with Crippen molar-refractivity contribution in [3.05, 3.63) is 90.0 Å². The Bertz CT molecular complexity index is 829. The molecule has 25 heavy (non-hydrogen) atoms. The van der Waals surface area contributed by atoms with Crippen LogP contribution in [-0.2, 0) is 11.3 Å². The fourth-order valence-corrected chi connectivity index (χ4v) is 2.67. The van der Waals surface area contributed by atoms with Crippen LogP contribution in [0, 0.1) is 0 Å². The molecule has 0 unspecified atom stereocenters. The van der Waals surface area contributed by atoms with Gasteiger partial charge in [-0.05, 0) is 54.3 Å². The van der Waals surface area contributed by atoms with Gasteiger partial charge < -0.3 is 9.47 Å². The molecule has 0 spiro atoms. The third kappa shape index (κ3) is 4.88. The fourth-order valence-electron chi connectivity index (χ4n) is 2.27. The Morgan fingerprint density at radius 1 is 0.880 bits per heavy atom. The average molecular weight is 350 g/mol. The number of hydrogen-bond donors (Lipinski definition) is 0. The minimum Gasteiger partial charge on any atom is -0.457 e. The summed E-state index contributed by atoms with van der Waals surface area (Å²) in [6, 6.07) is 24.4. The molecule has 0 aromatic heterocycles. The molecule has 0 radical (unpaired) electrons. The molecule has 0 saturated heterocycles. The van der Waals surface area contributed by atoms with Crippen LogP contribution in [0.5, 0.6) is 11.5 Å². The first-order chi connectivity index (χ1) is 12.2. The van der Waals surface area contributed by atoms with Crippen molar-refractivity contribution >= 4 is 17.7 Å². The Labute approximate surface area is 151 Å². The summed E-state index contributed by atoms with van der Waals surface area (Å²) >= 11 is 1.68. The number of carbonyl (C=O) groups excluding carboxylic acids is 1. The smallest absolute Gasteiger partial charge is 0.338 e. The van der Waals surface area contributed by atoms with Crippen molar-refractivity contribution in [2.24, 2.45) is 0 Å². The van der Waals surface area contributed by atoms with Crippen molar-refractivity contribution in [2.45, 2.75) is 11.5 Å². The lowest BCUT2D eigenvalue weighted by molar-refractivity contribution is 0.0472. The molecule has 3 aromatic carbocycles. The summed E-state index contributed by atoms with van der Waals surface area (Å²) in [5, 5.41) is 0. The highest BCUT2D eigenvalue weighted by atomic mass is 32.2. The van der Waals surface area contributed by atoms with Gasteiger partial charge in [0.25, 0.3) is 0 Å². The second-order valence-corrected chi connectivity index (χ2v) is 6.25. The van der Waals surface area contributed by atoms with Crippen LogP contribution < -0.4 is 4.74 Å². The van der Waals surface area contributed by atoms with E-state index in [-0.39, 0.29) is 12.6 Å². The lowest BCUT2D eigenvalue weighted by atomic mass is 10.2. The van der Waals surface area contributed by atoms with E-state index < -0.39 is 0 Å². The molecule has 0 aliphatic carbocycles. The molecular formula is C21H18O3S. The summed E-state index contributed by atoms with van der Waals surface area (Å²) in [6.45, 7) is 0.247. The summed E-state index contributed by atoms with van der Waals surface area (Å²) in [5.41, 5.74) is 1.43. The zero-order chi connectivity index (χ0) is 17.5. The van der Waals surface area contributed by atoms with E-state index in [4.69, 9.17) is 9.47 Å². The second-order valence-electron chi connectivity index (χ2n) is 5.37. The summed E-state index contributed by atoms with van der Waals surface area (Å²) < 4.78 is 11.1. The zero-order valence-corrected chi connectivity index (χ0v) is 14.7. The van der Waals surface area contributed by atoms with Gasteiger partial charge in [0.1, 0.15) is 18.1 Å². The highest BCUT2D eigenvalue weighted by Gasteiger charge is 2.09. The first-order valence-electron chi connectivity index (χ1n) is 7.87. The van der Waals surface area contributed by atoms with Crippen molar-refractivity contribution in [1.29, 1.82) is 0 Å². The van der Waals surface area contributed by atoms with Crippen LogP contribution >= 0.6 is 11.8 Å². The van der Waals surface area contributed by atoms with Crippen molar-refractivity contribution in [1.82, 2.24) is 0 Å². The van der Waals surface area contributed by atoms with E-state index >= 15 is 0 Å². The van der Waals surface area contributed by atoms with Crippen LogP contribution in [0.4, 0.5) is 0 Å². The maximum absolute atomic E-state index is 12.3. The molecule has 3 rings (SSSR count). The number of hydrogen-bond acceptors (Lipinski definition) is 4. The van der Waals surface area contributed by atoms with Crippen LogP contribution in [-0.4, -0.2) is 12.2 Å². The Morgan fingerprint density at radius 3 is 2.32 bits per heavy atom. The van der Waals surface area contributed by atoms with Crippen LogP contribution in [0.3, 0.4) is 0 Å². The van der Waals surface area contributed by atoms with E-state index in [1.165, 1.54) is 4.90 Å². The van der Waals surface area contributed by atoms with Crippen LogP contribution in [0.15, 0.2) is 83.8 Å². The highest BCUT2D eigenvalue weighted by Crippen LogP contribution is 2.22. The van der Waals surface area contributed by atoms with Gasteiger partial charge >= 0.3 is 5.97 Å². The summed E-state index contributed by atoms with van der Waals surface area (Å²) in [5.74, 6) is 0.958. The van der Waals surface area contributed by atoms with E-state index in [2.05, 4.69) is 0 Å². The molecule has 0 atom stereocenters. The number of benzene rings is 3. The predicted octanol–water partition coefficient (Wildman–Crippen LogP) is 5.56. The summed E-state index contributed by atoms with van der Waals surface area (Å²) in [6.07, 6.45) is 2.03. The van der Waals surface area contributed by atoms with E-state index in [0.29, 0.717) is 11.3 Å². The van der Waals surface area contributed by atoms with Gasteiger partial charge in [0.05, 0.1) is 5.56 Å². The van der Waals surface area contributed by atoms with Gasteiger partial charge in [-0.3, -0.25) is 0 Å². The minimum absolute atomic E-state index is 0.247. The highest BCUT2D eigenvalue weighted by molar-refractivity contribution is 7.98. The number of thioether (sulfide) groups is 1. The third-order valence-corrected chi connectivity index (χ3v) is 4.32. The molecule has 0 aliphatic rings. The molecule has 0 N–H and O–H groups in total. The topological polar surface area (TPSA) is 35.5 Å². The largest absolute Gasteiger partial charge is 0.457 e. The van der Waals surface area contributed by atoms with Crippen molar-refractivity contribution in [3.63, 3.8) is 0 Å². The molecule has 3 nitrogen and oxygen atoms in total. The van der Waals surface area contributed by atoms with E-state index in [1.807, 2.05) is 66.9 Å². The lowest BCUT2D eigenvalue weighted by Gasteiger charge is -2.08. The van der Waals surface area contributed by atoms with Gasteiger partial charge in [-0.25, -0.2) is 4.79 Å². The Balaban J connectivity index is 1.62. The van der Waals surface area contributed by atoms with Gasteiger partial charge in [0, 0.05) is 4.90 Å². The maximum atomic E-state index is 12.3. The van der Waals surface area contributed by atoms with Gasteiger partial charge in [-0.1, -0.05) is 36.4 Å². The molecule has 3 aromatic rings. The second kappa shape index (κ2) is 8.40. The van der Waals surface area contributed by atoms with E-state index in [0.717, 1.165) is 11.3 Å². The first-order valence-corrected chi connectivity index (χ1v) is 9.10. The maximum Gasteiger partial charge on any atom is 0.338 e. The van der Waals surface area contributed by atoms with Crippen LogP contribution in [0.1, 0.15) is 15.9 Å². The van der Waals surface area contributed by atoms with Crippen molar-refractivity contribution in [3.8, 4) is 11.5 Å². The molecule has 4 heteroatoms. The number of carbonyl (C=O) groups is 1. The molecule has 0 aliphatic heterocycles. The number of esters is 1. The number of ether oxygens (including phenoxy) is 2. The molecule has 0 heterocycles. The van der Waals surface area contributed by atoms with E-state index in [1.54, 1.807) is 30.0 Å². The minimum atomic E-state index is -0.368. The van der Waals surface area contributed by atoms with Gasteiger partial charge in [0.2, 0.25) is 0 Å². The van der Waals surface area contributed by atoms with Crippen molar-refractivity contribution < 1.29 is 14.3 Å². The molecular weight excluding hydrogens is 332 g/mol. The zero-order valence-electron chi connectivity index (χ0n) is 13.8. The first kappa shape index (κ1) is 17.1. The predicted molar refractivity (Wildman–Crippen MR) is 100 cm³/mol. The summed E-state index contributed by atoms with van der Waals surface area (Å²) in [7, 11) is 0. The molecule has 0 amide bonds. The van der Waals surface area contributed by atoms with Gasteiger partial charge in [0.15, 0.2) is 0 Å². The third-order valence-electron chi connectivity index (χ3n) is 3.58. The van der Waals surface area contributed by atoms with Crippen LogP contribution in [0.25, 0.3) is 0 Å². The molecule has 0 bridgehead atoms. The van der Waals surface area contributed by atoms with Gasteiger partial charge in [-0.2, -0.15) is 0 Å². The lowest BCUT2D eigenvalue weighted by Crippen LogP contribution is -2.05. The number of rotatable bonds is 6. The monoisotopic (exact) mass is 350 g/mol. The Kier molecular flexibility index (Phi) is 5.75. The molecule has 0 fully saturated rings. The SMILES string of the molecule is CSc1ccc(COC(=O)c2cccc(Oc3ccccc3)c2)cc1. The average Bonchev–Trinajstić information content (AvgIpc) is 2.67. The van der Waals surface area contributed by atoms with Crippen LogP contribution in [0.2, 0.25) is 0 Å². The quantitative estimate of drug-likeness (QED) is 0.431.